The van der Waals surface area contributed by atoms with Gasteiger partial charge in [-0.15, -0.1) is 0 Å². The van der Waals surface area contributed by atoms with Crippen LogP contribution in [0.1, 0.15) is 5.69 Å². The summed E-state index contributed by atoms with van der Waals surface area (Å²) >= 11 is 0. The van der Waals surface area contributed by atoms with Gasteiger partial charge in [0.15, 0.2) is 0 Å². The van der Waals surface area contributed by atoms with Crippen molar-refractivity contribution in [2.75, 3.05) is 0 Å². The molecule has 0 aromatic carbocycles. The Morgan fingerprint density at radius 3 is 3.17 bits per heavy atom. The van der Waals surface area contributed by atoms with Crippen LogP contribution in [0.2, 0.25) is 0 Å². The SMILES string of the molecule is Cc1[nH]n2ccnc2c1[N+](=O)[O-]. The summed E-state index contributed by atoms with van der Waals surface area (Å²) in [6.45, 7) is 1.65. The highest BCUT2D eigenvalue weighted by Crippen LogP contribution is 2.21. The Morgan fingerprint density at radius 1 is 1.75 bits per heavy atom. The first-order chi connectivity index (χ1) is 5.70. The number of fused-ring (bicyclic) bond motifs is 1. The molecule has 2 rings (SSSR count). The number of hydrogen-bond donors (Lipinski definition) is 1. The summed E-state index contributed by atoms with van der Waals surface area (Å²) in [7, 11) is 0. The minimum Gasteiger partial charge on any atom is -0.290 e. The first kappa shape index (κ1) is 6.84. The van der Waals surface area contributed by atoms with Gasteiger partial charge in [0.25, 0.3) is 0 Å². The van der Waals surface area contributed by atoms with Gasteiger partial charge < -0.3 is 0 Å². The molecule has 0 atom stereocenters. The summed E-state index contributed by atoms with van der Waals surface area (Å²) in [6.07, 6.45) is 3.15. The van der Waals surface area contributed by atoms with Gasteiger partial charge in [0.05, 0.1) is 4.92 Å². The van der Waals surface area contributed by atoms with E-state index in [0.717, 1.165) is 0 Å². The Hall–Kier alpha value is -1.85. The molecule has 12 heavy (non-hydrogen) atoms. The average molecular weight is 166 g/mol. The third-order valence-electron chi connectivity index (χ3n) is 1.68. The highest BCUT2D eigenvalue weighted by atomic mass is 16.6. The van der Waals surface area contributed by atoms with Crippen molar-refractivity contribution in [1.82, 2.24) is 14.6 Å². The van der Waals surface area contributed by atoms with Crippen LogP contribution >= 0.6 is 0 Å². The zero-order valence-corrected chi connectivity index (χ0v) is 6.31. The van der Waals surface area contributed by atoms with Crippen LogP contribution in [0.15, 0.2) is 12.4 Å². The van der Waals surface area contributed by atoms with E-state index < -0.39 is 4.92 Å². The molecule has 2 aromatic heterocycles. The van der Waals surface area contributed by atoms with Gasteiger partial charge in [-0.1, -0.05) is 0 Å². The largest absolute Gasteiger partial charge is 0.333 e. The fourth-order valence-electron chi connectivity index (χ4n) is 1.19. The highest BCUT2D eigenvalue weighted by molar-refractivity contribution is 5.61. The second-order valence-electron chi connectivity index (χ2n) is 2.46. The molecule has 6 nitrogen and oxygen atoms in total. The number of H-pyrrole nitrogens is 1. The number of aromatic amines is 1. The second-order valence-corrected chi connectivity index (χ2v) is 2.46. The van der Waals surface area contributed by atoms with Gasteiger partial charge in [-0.2, -0.15) is 0 Å². The van der Waals surface area contributed by atoms with Crippen LogP contribution in [-0.2, 0) is 0 Å². The molecular formula is C6H6N4O2. The van der Waals surface area contributed by atoms with Crippen molar-refractivity contribution in [1.29, 1.82) is 0 Å². The van der Waals surface area contributed by atoms with Crippen molar-refractivity contribution in [2.45, 2.75) is 6.92 Å². The van der Waals surface area contributed by atoms with Crippen molar-refractivity contribution >= 4 is 11.3 Å². The zero-order valence-electron chi connectivity index (χ0n) is 6.31. The molecule has 2 aromatic rings. The lowest BCUT2D eigenvalue weighted by Gasteiger charge is -1.84. The lowest BCUT2D eigenvalue weighted by Crippen LogP contribution is -1.88. The summed E-state index contributed by atoms with van der Waals surface area (Å²) in [4.78, 5) is 13.9. The van der Waals surface area contributed by atoms with E-state index in [2.05, 4.69) is 10.1 Å². The zero-order chi connectivity index (χ0) is 8.72. The first-order valence-electron chi connectivity index (χ1n) is 3.36. The van der Waals surface area contributed by atoms with Crippen LogP contribution in [-0.4, -0.2) is 19.5 Å². The molecular weight excluding hydrogens is 160 g/mol. The van der Waals surface area contributed by atoms with E-state index in [0.29, 0.717) is 11.3 Å². The third kappa shape index (κ3) is 0.714. The van der Waals surface area contributed by atoms with Gasteiger partial charge in [-0.3, -0.25) is 15.2 Å². The summed E-state index contributed by atoms with van der Waals surface area (Å²) in [5.74, 6) is 0. The molecule has 0 radical (unpaired) electrons. The first-order valence-corrected chi connectivity index (χ1v) is 3.36. The standard InChI is InChI=1S/C6H6N4O2/c1-4-5(10(11)12)6-7-2-3-9(6)8-4/h2-3,8H,1H3. The minimum atomic E-state index is -0.436. The smallest absolute Gasteiger partial charge is 0.290 e. The van der Waals surface area contributed by atoms with Crippen LogP contribution in [0.4, 0.5) is 5.69 Å². The molecule has 0 spiro atoms. The van der Waals surface area contributed by atoms with Crippen LogP contribution < -0.4 is 0 Å². The number of imidazole rings is 1. The number of hydrogen-bond acceptors (Lipinski definition) is 3. The van der Waals surface area contributed by atoms with Crippen molar-refractivity contribution in [2.24, 2.45) is 0 Å². The molecule has 0 fully saturated rings. The molecule has 0 bridgehead atoms. The predicted octanol–water partition coefficient (Wildman–Crippen LogP) is 0.879. The number of nitrogens with zero attached hydrogens (tertiary/aromatic N) is 3. The summed E-state index contributed by atoms with van der Waals surface area (Å²) in [5, 5.41) is 13.3. The van der Waals surface area contributed by atoms with Crippen molar-refractivity contribution < 1.29 is 4.92 Å². The molecule has 62 valence electrons. The fourth-order valence-corrected chi connectivity index (χ4v) is 1.19. The van der Waals surface area contributed by atoms with E-state index in [1.165, 1.54) is 10.7 Å². The molecule has 0 aliphatic heterocycles. The molecule has 2 heterocycles. The van der Waals surface area contributed by atoms with Gasteiger partial charge >= 0.3 is 5.69 Å². The Balaban J connectivity index is 2.84. The van der Waals surface area contributed by atoms with Crippen LogP contribution in [0.5, 0.6) is 0 Å². The van der Waals surface area contributed by atoms with E-state index in [9.17, 15) is 10.1 Å². The Morgan fingerprint density at radius 2 is 2.50 bits per heavy atom. The van der Waals surface area contributed by atoms with Gasteiger partial charge in [0.1, 0.15) is 5.69 Å². The van der Waals surface area contributed by atoms with Crippen LogP contribution in [0, 0.1) is 17.0 Å². The molecule has 0 aliphatic carbocycles. The molecule has 0 unspecified atom stereocenters. The van der Waals surface area contributed by atoms with Crippen molar-refractivity contribution in [3.8, 4) is 0 Å². The second kappa shape index (κ2) is 2.07. The number of nitro groups is 1. The van der Waals surface area contributed by atoms with Gasteiger partial charge in [0.2, 0.25) is 5.65 Å². The summed E-state index contributed by atoms with van der Waals surface area (Å²) < 4.78 is 1.52. The average Bonchev–Trinajstić information content (AvgIpc) is 2.44. The minimum absolute atomic E-state index is 0.0417. The molecule has 0 amide bonds. The number of aromatic nitrogens is 3. The van der Waals surface area contributed by atoms with Gasteiger partial charge in [-0.05, 0) is 6.92 Å². The highest BCUT2D eigenvalue weighted by Gasteiger charge is 2.19. The molecule has 0 saturated carbocycles. The molecule has 0 aliphatic rings. The van der Waals surface area contributed by atoms with E-state index in [1.807, 2.05) is 0 Å². The van der Waals surface area contributed by atoms with E-state index >= 15 is 0 Å². The van der Waals surface area contributed by atoms with Crippen LogP contribution in [0.25, 0.3) is 5.65 Å². The van der Waals surface area contributed by atoms with Gasteiger partial charge in [-0.25, -0.2) is 9.50 Å². The lowest BCUT2D eigenvalue weighted by molar-refractivity contribution is -0.383. The Bertz CT molecular complexity index is 441. The fraction of sp³-hybridized carbons (Fsp3) is 0.167. The summed E-state index contributed by atoms with van der Waals surface area (Å²) in [6, 6.07) is 0. The number of rotatable bonds is 1. The quantitative estimate of drug-likeness (QED) is 0.504. The van der Waals surface area contributed by atoms with Crippen molar-refractivity contribution in [3.63, 3.8) is 0 Å². The monoisotopic (exact) mass is 166 g/mol. The third-order valence-corrected chi connectivity index (χ3v) is 1.68. The Kier molecular flexibility index (Phi) is 1.18. The Labute approximate surface area is 67.0 Å². The molecule has 6 heteroatoms. The maximum Gasteiger partial charge on any atom is 0.333 e. The summed E-state index contributed by atoms with van der Waals surface area (Å²) in [5.41, 5.74) is 0.917. The van der Waals surface area contributed by atoms with Crippen molar-refractivity contribution in [3.05, 3.63) is 28.2 Å². The maximum atomic E-state index is 10.5. The topological polar surface area (TPSA) is 76.2 Å². The van der Waals surface area contributed by atoms with E-state index in [4.69, 9.17) is 0 Å². The normalized spacial score (nSPS) is 10.8. The number of nitrogens with one attached hydrogen (secondary N) is 1. The number of aryl methyl sites for hydroxylation is 1. The molecule has 1 N–H and O–H groups in total. The van der Waals surface area contributed by atoms with E-state index in [-0.39, 0.29) is 5.69 Å². The van der Waals surface area contributed by atoms with Gasteiger partial charge in [0, 0.05) is 12.4 Å². The van der Waals surface area contributed by atoms with Crippen LogP contribution in [0.3, 0.4) is 0 Å². The molecule has 0 saturated heterocycles. The maximum absolute atomic E-state index is 10.5. The lowest BCUT2D eigenvalue weighted by atomic mass is 10.4. The predicted molar refractivity (Wildman–Crippen MR) is 40.9 cm³/mol. The van der Waals surface area contributed by atoms with E-state index in [1.54, 1.807) is 13.1 Å².